The van der Waals surface area contributed by atoms with Crippen molar-refractivity contribution in [2.24, 2.45) is 0 Å². The van der Waals surface area contributed by atoms with E-state index >= 15 is 0 Å². The second-order valence-corrected chi connectivity index (χ2v) is 2.99. The number of H-pyrrole nitrogens is 1. The first-order valence-corrected chi connectivity index (χ1v) is 4.19. The maximum atomic E-state index is 4.27. The lowest BCUT2D eigenvalue weighted by atomic mass is 10.2. The van der Waals surface area contributed by atoms with E-state index in [0.29, 0.717) is 0 Å². The molecule has 0 radical (unpaired) electrons. The van der Waals surface area contributed by atoms with Gasteiger partial charge in [-0.2, -0.15) is 5.10 Å². The van der Waals surface area contributed by atoms with Gasteiger partial charge in [0.15, 0.2) is 5.82 Å². The fourth-order valence-corrected chi connectivity index (χ4v) is 1.35. The SMILES string of the molecule is Cc1nc(C2CNCCN2)n[nH]1.Cl.Cl. The summed E-state index contributed by atoms with van der Waals surface area (Å²) in [6.45, 7) is 4.84. The van der Waals surface area contributed by atoms with Crippen molar-refractivity contribution in [3.8, 4) is 0 Å². The van der Waals surface area contributed by atoms with E-state index in [1.165, 1.54) is 0 Å². The van der Waals surface area contributed by atoms with E-state index in [4.69, 9.17) is 0 Å². The largest absolute Gasteiger partial charge is 0.313 e. The fourth-order valence-electron chi connectivity index (χ4n) is 1.35. The first-order valence-electron chi connectivity index (χ1n) is 4.19. The van der Waals surface area contributed by atoms with Crippen molar-refractivity contribution in [3.05, 3.63) is 11.6 Å². The van der Waals surface area contributed by atoms with Gasteiger partial charge in [-0.3, -0.25) is 5.10 Å². The molecule has 7 heteroatoms. The summed E-state index contributed by atoms with van der Waals surface area (Å²) in [7, 11) is 0. The van der Waals surface area contributed by atoms with Crippen LogP contribution >= 0.6 is 24.8 Å². The van der Waals surface area contributed by atoms with E-state index < -0.39 is 0 Å². The summed E-state index contributed by atoms with van der Waals surface area (Å²) in [6, 6.07) is 0.267. The molecule has 1 atom stereocenters. The molecule has 1 aromatic heterocycles. The summed E-state index contributed by atoms with van der Waals surface area (Å²) in [6.07, 6.45) is 0. The number of hydrogen-bond donors (Lipinski definition) is 3. The molecule has 5 nitrogen and oxygen atoms in total. The number of nitrogens with zero attached hydrogens (tertiary/aromatic N) is 2. The zero-order valence-corrected chi connectivity index (χ0v) is 9.54. The Labute approximate surface area is 95.3 Å². The quantitative estimate of drug-likeness (QED) is 0.655. The number of aryl methyl sites for hydroxylation is 1. The van der Waals surface area contributed by atoms with Crippen molar-refractivity contribution in [3.63, 3.8) is 0 Å². The van der Waals surface area contributed by atoms with Crippen LogP contribution in [-0.2, 0) is 0 Å². The lowest BCUT2D eigenvalue weighted by molar-refractivity contribution is 0.416. The number of piperazine rings is 1. The summed E-state index contributed by atoms with van der Waals surface area (Å²) in [5, 5.41) is 13.6. The molecule has 2 heterocycles. The molecule has 1 unspecified atom stereocenters. The monoisotopic (exact) mass is 239 g/mol. The van der Waals surface area contributed by atoms with Gasteiger partial charge in [-0.25, -0.2) is 4.98 Å². The molecule has 82 valence electrons. The first-order chi connectivity index (χ1) is 5.86. The molecule has 1 aliphatic heterocycles. The molecule has 0 amide bonds. The van der Waals surface area contributed by atoms with Crippen LogP contribution in [0.5, 0.6) is 0 Å². The van der Waals surface area contributed by atoms with Crippen LogP contribution in [0.2, 0.25) is 0 Å². The van der Waals surface area contributed by atoms with Crippen LogP contribution in [0.3, 0.4) is 0 Å². The molecule has 14 heavy (non-hydrogen) atoms. The van der Waals surface area contributed by atoms with Crippen molar-refractivity contribution in [1.82, 2.24) is 25.8 Å². The maximum Gasteiger partial charge on any atom is 0.168 e. The van der Waals surface area contributed by atoms with Gasteiger partial charge in [0, 0.05) is 19.6 Å². The molecule has 1 saturated heterocycles. The topological polar surface area (TPSA) is 65.6 Å². The van der Waals surface area contributed by atoms with Crippen LogP contribution in [0.15, 0.2) is 0 Å². The van der Waals surface area contributed by atoms with Crippen LogP contribution < -0.4 is 10.6 Å². The van der Waals surface area contributed by atoms with E-state index in [1.54, 1.807) is 0 Å². The molecule has 0 saturated carbocycles. The Morgan fingerprint density at radius 2 is 2.07 bits per heavy atom. The van der Waals surface area contributed by atoms with E-state index in [0.717, 1.165) is 31.3 Å². The van der Waals surface area contributed by atoms with Crippen molar-refractivity contribution in [2.75, 3.05) is 19.6 Å². The van der Waals surface area contributed by atoms with E-state index in [1.807, 2.05) is 6.92 Å². The summed E-state index contributed by atoms with van der Waals surface area (Å²) in [5.41, 5.74) is 0. The summed E-state index contributed by atoms with van der Waals surface area (Å²) < 4.78 is 0. The minimum absolute atomic E-state index is 0. The van der Waals surface area contributed by atoms with Gasteiger partial charge in [-0.15, -0.1) is 24.8 Å². The zero-order chi connectivity index (χ0) is 8.39. The molecular formula is C7H15Cl2N5. The molecule has 0 spiro atoms. The Balaban J connectivity index is 0.000000845. The Hall–Kier alpha value is -0.360. The summed E-state index contributed by atoms with van der Waals surface area (Å²) >= 11 is 0. The van der Waals surface area contributed by atoms with Gasteiger partial charge in [0.1, 0.15) is 5.82 Å². The van der Waals surface area contributed by atoms with E-state index in [2.05, 4.69) is 25.8 Å². The number of rotatable bonds is 1. The predicted molar refractivity (Wildman–Crippen MR) is 59.2 cm³/mol. The first kappa shape index (κ1) is 13.6. The Bertz CT molecular complexity index is 258. The number of halogens is 2. The lowest BCUT2D eigenvalue weighted by Crippen LogP contribution is -2.43. The molecule has 1 aliphatic rings. The fraction of sp³-hybridized carbons (Fsp3) is 0.714. The standard InChI is InChI=1S/C7H13N5.2ClH/c1-5-10-7(12-11-5)6-4-8-2-3-9-6;;/h6,8-9H,2-4H2,1H3,(H,10,11,12);2*1H. The molecule has 0 aliphatic carbocycles. The van der Waals surface area contributed by atoms with Gasteiger partial charge in [0.05, 0.1) is 6.04 Å². The average Bonchev–Trinajstić information content (AvgIpc) is 2.54. The van der Waals surface area contributed by atoms with Crippen molar-refractivity contribution in [2.45, 2.75) is 13.0 Å². The maximum absolute atomic E-state index is 4.27. The third-order valence-electron chi connectivity index (χ3n) is 1.97. The van der Waals surface area contributed by atoms with Crippen LogP contribution in [-0.4, -0.2) is 34.8 Å². The van der Waals surface area contributed by atoms with Crippen LogP contribution in [0, 0.1) is 6.92 Å². The van der Waals surface area contributed by atoms with Gasteiger partial charge < -0.3 is 10.6 Å². The van der Waals surface area contributed by atoms with Crippen molar-refractivity contribution < 1.29 is 0 Å². The summed E-state index contributed by atoms with van der Waals surface area (Å²) in [4.78, 5) is 4.27. The highest BCUT2D eigenvalue weighted by Gasteiger charge is 2.17. The number of hydrogen-bond acceptors (Lipinski definition) is 4. The smallest absolute Gasteiger partial charge is 0.168 e. The molecule has 1 fully saturated rings. The van der Waals surface area contributed by atoms with Gasteiger partial charge in [-0.1, -0.05) is 0 Å². The Morgan fingerprint density at radius 3 is 2.57 bits per heavy atom. The van der Waals surface area contributed by atoms with Gasteiger partial charge in [0.2, 0.25) is 0 Å². The third kappa shape index (κ3) is 3.09. The van der Waals surface area contributed by atoms with Gasteiger partial charge >= 0.3 is 0 Å². The average molecular weight is 240 g/mol. The van der Waals surface area contributed by atoms with Crippen LogP contribution in [0.1, 0.15) is 17.7 Å². The second kappa shape index (κ2) is 6.19. The molecule has 2 rings (SSSR count). The molecular weight excluding hydrogens is 225 g/mol. The van der Waals surface area contributed by atoms with E-state index in [9.17, 15) is 0 Å². The van der Waals surface area contributed by atoms with Gasteiger partial charge in [0.25, 0.3) is 0 Å². The van der Waals surface area contributed by atoms with Crippen molar-refractivity contribution >= 4 is 24.8 Å². The lowest BCUT2D eigenvalue weighted by Gasteiger charge is -2.21. The number of nitrogens with one attached hydrogen (secondary N) is 3. The predicted octanol–water partition coefficient (Wildman–Crippen LogP) is 0.191. The highest BCUT2D eigenvalue weighted by molar-refractivity contribution is 5.85. The third-order valence-corrected chi connectivity index (χ3v) is 1.97. The molecule has 3 N–H and O–H groups in total. The Kier molecular flexibility index (Phi) is 6.03. The van der Waals surface area contributed by atoms with Gasteiger partial charge in [-0.05, 0) is 6.92 Å². The Morgan fingerprint density at radius 1 is 1.29 bits per heavy atom. The van der Waals surface area contributed by atoms with E-state index in [-0.39, 0.29) is 30.9 Å². The minimum Gasteiger partial charge on any atom is -0.313 e. The summed E-state index contributed by atoms with van der Waals surface area (Å²) in [5.74, 6) is 1.73. The molecule has 1 aromatic rings. The van der Waals surface area contributed by atoms with Crippen molar-refractivity contribution in [1.29, 1.82) is 0 Å². The number of aromatic amines is 1. The minimum atomic E-state index is 0. The highest BCUT2D eigenvalue weighted by atomic mass is 35.5. The van der Waals surface area contributed by atoms with Crippen LogP contribution in [0.25, 0.3) is 0 Å². The second-order valence-electron chi connectivity index (χ2n) is 2.99. The molecule has 0 aromatic carbocycles. The zero-order valence-electron chi connectivity index (χ0n) is 7.91. The highest BCUT2D eigenvalue weighted by Crippen LogP contribution is 2.07. The van der Waals surface area contributed by atoms with Crippen LogP contribution in [0.4, 0.5) is 0 Å². The normalized spacial score (nSPS) is 20.8. The molecule has 0 bridgehead atoms. The number of aromatic nitrogens is 3.